The molecule has 2 aromatic rings. The van der Waals surface area contributed by atoms with Gasteiger partial charge in [0.15, 0.2) is 5.82 Å². The molecule has 0 spiro atoms. The van der Waals surface area contributed by atoms with Gasteiger partial charge in [-0.3, -0.25) is 14.5 Å². The van der Waals surface area contributed by atoms with Crippen molar-refractivity contribution in [1.29, 1.82) is 0 Å². The summed E-state index contributed by atoms with van der Waals surface area (Å²) in [5, 5.41) is 13.9. The maximum Gasteiger partial charge on any atom is 0.207 e. The van der Waals surface area contributed by atoms with Crippen LogP contribution in [0.25, 0.3) is 0 Å². The van der Waals surface area contributed by atoms with Gasteiger partial charge in [0.25, 0.3) is 0 Å². The number of hydrogen-bond acceptors (Lipinski definition) is 6. The molecule has 2 heterocycles. The van der Waals surface area contributed by atoms with Crippen molar-refractivity contribution < 1.29 is 4.79 Å². The van der Waals surface area contributed by atoms with Crippen molar-refractivity contribution in [2.24, 2.45) is 9.98 Å². The van der Waals surface area contributed by atoms with Gasteiger partial charge in [-0.2, -0.15) is 5.10 Å². The Morgan fingerprint density at radius 1 is 1.29 bits per heavy atom. The van der Waals surface area contributed by atoms with Crippen LogP contribution in [0.4, 0.5) is 11.5 Å². The van der Waals surface area contributed by atoms with Gasteiger partial charge in [0, 0.05) is 48.9 Å². The highest BCUT2D eigenvalue weighted by Gasteiger charge is 2.24. The van der Waals surface area contributed by atoms with Crippen LogP contribution in [0.5, 0.6) is 0 Å². The molecule has 4 rings (SSSR count). The molecule has 0 saturated heterocycles. The lowest BCUT2D eigenvalue weighted by Gasteiger charge is -2.25. The van der Waals surface area contributed by atoms with Crippen LogP contribution in [-0.2, 0) is 17.8 Å². The molecule has 1 amide bonds. The monoisotopic (exact) mass is 478 g/mol. The molecule has 0 bridgehead atoms. The van der Waals surface area contributed by atoms with Crippen molar-refractivity contribution in [2.45, 2.75) is 58.7 Å². The Hall–Kier alpha value is -3.46. The van der Waals surface area contributed by atoms with Crippen molar-refractivity contribution in [2.75, 3.05) is 30.9 Å². The van der Waals surface area contributed by atoms with E-state index >= 15 is 0 Å². The van der Waals surface area contributed by atoms with Gasteiger partial charge in [0.1, 0.15) is 12.5 Å². The van der Waals surface area contributed by atoms with E-state index < -0.39 is 0 Å². The molecule has 0 radical (unpaired) electrons. The zero-order valence-corrected chi connectivity index (χ0v) is 21.3. The molecule has 1 aromatic carbocycles. The van der Waals surface area contributed by atoms with Crippen molar-refractivity contribution in [3.63, 3.8) is 0 Å². The number of carbonyl (C=O) groups is 1. The number of hydrogen-bond donors (Lipinski definition) is 3. The molecule has 0 unspecified atom stereocenters. The van der Waals surface area contributed by atoms with Gasteiger partial charge < -0.3 is 20.9 Å². The molecule has 1 aliphatic heterocycles. The second-order valence-electron chi connectivity index (χ2n) is 9.28. The third kappa shape index (κ3) is 8.36. The van der Waals surface area contributed by atoms with Crippen molar-refractivity contribution in [1.82, 2.24) is 20.0 Å². The minimum Gasteiger partial charge on any atom is -0.366 e. The van der Waals surface area contributed by atoms with E-state index in [1.165, 1.54) is 24.0 Å². The molecule has 35 heavy (non-hydrogen) atoms. The average Bonchev–Trinajstić information content (AvgIpc) is 3.57. The van der Waals surface area contributed by atoms with Crippen LogP contribution >= 0.6 is 0 Å². The van der Waals surface area contributed by atoms with Crippen LogP contribution in [0.1, 0.15) is 50.8 Å². The number of aliphatic imine (C=N–C) groups is 2. The summed E-state index contributed by atoms with van der Waals surface area (Å²) in [5.74, 6) is 1.54. The second kappa shape index (κ2) is 12.9. The zero-order chi connectivity index (χ0) is 25.2. The van der Waals surface area contributed by atoms with E-state index in [1.54, 1.807) is 6.20 Å². The highest BCUT2D eigenvalue weighted by atomic mass is 16.1. The Kier molecular flexibility index (Phi) is 9.60. The summed E-state index contributed by atoms with van der Waals surface area (Å²) in [4.78, 5) is 20.4. The van der Waals surface area contributed by atoms with Crippen molar-refractivity contribution >= 4 is 30.5 Å². The standard InChI is InChI=1S/C22H29N7.C4H9NO/c1-16(13-23-2)22(26-21-9-11-29(27-21)20-6-7-20)25-15-24-19-5-4-18-14-28(3)10-8-17(18)12-19;1-4(2)5-3-6/h4-5,9,11-13,20,24H,2,6-8,10,14-15H2,1,3H3,(H,25,26,27);3-4H,1-2H3,(H,5,6)/b16-13-;. The molecule has 1 aliphatic carbocycles. The van der Waals surface area contributed by atoms with E-state index in [2.05, 4.69) is 62.9 Å². The summed E-state index contributed by atoms with van der Waals surface area (Å²) >= 11 is 0. The number of fused-ring (bicyclic) bond motifs is 1. The largest absolute Gasteiger partial charge is 0.366 e. The molecule has 2 aliphatic rings. The predicted octanol–water partition coefficient (Wildman–Crippen LogP) is 3.83. The number of aromatic nitrogens is 2. The predicted molar refractivity (Wildman–Crippen MR) is 144 cm³/mol. The molecular weight excluding hydrogens is 440 g/mol. The second-order valence-corrected chi connectivity index (χ2v) is 9.28. The molecule has 9 heteroatoms. The number of amidine groups is 1. The lowest BCUT2D eigenvalue weighted by Crippen LogP contribution is -2.26. The number of rotatable bonds is 9. The van der Waals surface area contributed by atoms with Gasteiger partial charge in [-0.05, 0) is 77.1 Å². The number of likely N-dealkylation sites (N-methyl/N-ethyl adjacent to an activating group) is 1. The van der Waals surface area contributed by atoms with Gasteiger partial charge >= 0.3 is 0 Å². The number of nitrogens with one attached hydrogen (secondary N) is 3. The fourth-order valence-electron chi connectivity index (χ4n) is 3.68. The van der Waals surface area contributed by atoms with Gasteiger partial charge in [0.2, 0.25) is 6.41 Å². The zero-order valence-electron chi connectivity index (χ0n) is 21.3. The fraction of sp³-hybridized carbons (Fsp3) is 0.462. The van der Waals surface area contributed by atoms with Crippen LogP contribution in [0, 0.1) is 0 Å². The first-order chi connectivity index (χ1) is 16.9. The molecule has 9 nitrogen and oxygen atoms in total. The number of amides is 1. The molecular formula is C26H38N8O. The summed E-state index contributed by atoms with van der Waals surface area (Å²) in [5.41, 5.74) is 4.85. The Balaban J connectivity index is 0.000000509. The van der Waals surface area contributed by atoms with Gasteiger partial charge in [-0.25, -0.2) is 4.99 Å². The molecule has 188 valence electrons. The number of anilines is 2. The van der Waals surface area contributed by atoms with Crippen LogP contribution in [0.15, 0.2) is 52.2 Å². The summed E-state index contributed by atoms with van der Waals surface area (Å²) in [6, 6.07) is 9.41. The molecule has 1 aromatic heterocycles. The number of benzene rings is 1. The maximum atomic E-state index is 9.50. The third-order valence-corrected chi connectivity index (χ3v) is 5.77. The first-order valence-corrected chi connectivity index (χ1v) is 12.1. The van der Waals surface area contributed by atoms with Crippen molar-refractivity contribution in [3.05, 3.63) is 53.4 Å². The highest BCUT2D eigenvalue weighted by Crippen LogP contribution is 2.34. The maximum absolute atomic E-state index is 9.50. The number of nitrogens with zero attached hydrogens (tertiary/aromatic N) is 5. The SMILES string of the molecule is C=N/C=C(C)\C(=N/CNc1ccc2c(c1)CCN(C)C2)Nc1ccn(C2CC2)n1.CC(C)NC=O. The minimum absolute atomic E-state index is 0.280. The average molecular weight is 479 g/mol. The first kappa shape index (κ1) is 26.2. The van der Waals surface area contributed by atoms with Crippen LogP contribution < -0.4 is 16.0 Å². The van der Waals surface area contributed by atoms with Gasteiger partial charge in [-0.15, -0.1) is 0 Å². The summed E-state index contributed by atoms with van der Waals surface area (Å²) in [6.07, 6.45) is 7.94. The van der Waals surface area contributed by atoms with E-state index in [4.69, 9.17) is 4.99 Å². The lowest BCUT2D eigenvalue weighted by atomic mass is 9.99. The van der Waals surface area contributed by atoms with E-state index in [0.29, 0.717) is 19.1 Å². The molecule has 3 N–H and O–H groups in total. The van der Waals surface area contributed by atoms with E-state index in [9.17, 15) is 4.79 Å². The normalized spacial score (nSPS) is 16.1. The Bertz CT molecular complexity index is 1050. The fourth-order valence-corrected chi connectivity index (χ4v) is 3.68. The van der Waals surface area contributed by atoms with Crippen LogP contribution in [-0.4, -0.2) is 59.9 Å². The summed E-state index contributed by atoms with van der Waals surface area (Å²) < 4.78 is 2.02. The minimum atomic E-state index is 0.280. The summed E-state index contributed by atoms with van der Waals surface area (Å²) in [7, 11) is 2.17. The van der Waals surface area contributed by atoms with Crippen LogP contribution in [0.2, 0.25) is 0 Å². The van der Waals surface area contributed by atoms with Gasteiger partial charge in [-0.1, -0.05) is 6.07 Å². The van der Waals surface area contributed by atoms with Crippen LogP contribution in [0.3, 0.4) is 0 Å². The Morgan fingerprint density at radius 3 is 2.74 bits per heavy atom. The molecule has 1 fully saturated rings. The first-order valence-electron chi connectivity index (χ1n) is 12.1. The third-order valence-electron chi connectivity index (χ3n) is 5.77. The summed E-state index contributed by atoms with van der Waals surface area (Å²) in [6.45, 7) is 11.9. The van der Waals surface area contributed by atoms with Crippen molar-refractivity contribution in [3.8, 4) is 0 Å². The Morgan fingerprint density at radius 2 is 2.09 bits per heavy atom. The van der Waals surface area contributed by atoms with E-state index in [0.717, 1.165) is 42.4 Å². The molecule has 0 atom stereocenters. The quantitative estimate of drug-likeness (QED) is 0.289. The lowest BCUT2D eigenvalue weighted by molar-refractivity contribution is -0.109. The number of carbonyl (C=O) groups excluding carboxylic acids is 1. The Labute approximate surface area is 208 Å². The topological polar surface area (TPSA) is 98.9 Å². The van der Waals surface area contributed by atoms with E-state index in [1.807, 2.05) is 37.7 Å². The smallest absolute Gasteiger partial charge is 0.207 e. The van der Waals surface area contributed by atoms with E-state index in [-0.39, 0.29) is 6.04 Å². The van der Waals surface area contributed by atoms with Gasteiger partial charge in [0.05, 0.1) is 6.04 Å². The highest BCUT2D eigenvalue weighted by molar-refractivity contribution is 6.07. The molecule has 1 saturated carbocycles.